The van der Waals surface area contributed by atoms with E-state index in [4.69, 9.17) is 10.7 Å². The zero-order valence-corrected chi connectivity index (χ0v) is 19.4. The molecule has 0 spiro atoms. The van der Waals surface area contributed by atoms with Crippen molar-refractivity contribution in [2.45, 2.75) is 45.1 Å². The maximum absolute atomic E-state index is 13.0. The molecule has 0 saturated heterocycles. The molecule has 0 aliphatic carbocycles. The maximum atomic E-state index is 13.0. The number of nitrogens with two attached hydrogens (primary N) is 1. The quantitative estimate of drug-likeness (QED) is 0.330. The molecule has 0 amide bonds. The van der Waals surface area contributed by atoms with Crippen molar-refractivity contribution in [1.29, 1.82) is 0 Å². The van der Waals surface area contributed by atoms with Gasteiger partial charge < -0.3 is 11.1 Å². The van der Waals surface area contributed by atoms with Gasteiger partial charge in [0.15, 0.2) is 5.16 Å². The van der Waals surface area contributed by atoms with Gasteiger partial charge in [0.2, 0.25) is 11.9 Å². The van der Waals surface area contributed by atoms with Crippen molar-refractivity contribution in [3.05, 3.63) is 56.4 Å². The zero-order valence-electron chi connectivity index (χ0n) is 17.8. The second-order valence-corrected chi connectivity index (χ2v) is 9.21. The predicted octanol–water partition coefficient (Wildman–Crippen LogP) is 4.21. The van der Waals surface area contributed by atoms with Crippen molar-refractivity contribution in [3.8, 4) is 0 Å². The van der Waals surface area contributed by atoms with Crippen LogP contribution in [0.5, 0.6) is 0 Å². The van der Waals surface area contributed by atoms with Gasteiger partial charge in [-0.1, -0.05) is 30.0 Å². The molecule has 0 atom stereocenters. The lowest BCUT2D eigenvalue weighted by Crippen LogP contribution is -2.22. The standard InChI is InChI=1S/C21H23N7OS2/c1-5-28-18(29)16-12(3)13(4)31-17(16)26-21(28)30-10-15-24-19(22)27-20(25-15)23-14-9-7-6-8-11(14)2/h6-9H,5,10H2,1-4H3,(H3,22,23,24,25,27). The summed E-state index contributed by atoms with van der Waals surface area (Å²) in [5.74, 6) is 1.46. The summed E-state index contributed by atoms with van der Waals surface area (Å²) in [6, 6.07) is 7.87. The van der Waals surface area contributed by atoms with Crippen molar-refractivity contribution in [2.75, 3.05) is 11.1 Å². The molecule has 0 fully saturated rings. The number of aryl methyl sites for hydroxylation is 3. The highest BCUT2D eigenvalue weighted by Crippen LogP contribution is 2.29. The van der Waals surface area contributed by atoms with Gasteiger partial charge in [0.25, 0.3) is 5.56 Å². The van der Waals surface area contributed by atoms with Gasteiger partial charge in [0.1, 0.15) is 10.7 Å². The van der Waals surface area contributed by atoms with Gasteiger partial charge in [-0.15, -0.1) is 11.3 Å². The zero-order chi connectivity index (χ0) is 22.1. The van der Waals surface area contributed by atoms with Crippen molar-refractivity contribution in [1.82, 2.24) is 24.5 Å². The van der Waals surface area contributed by atoms with E-state index >= 15 is 0 Å². The summed E-state index contributed by atoms with van der Waals surface area (Å²) in [6.07, 6.45) is 0. The van der Waals surface area contributed by atoms with Crippen LogP contribution in [0, 0.1) is 20.8 Å². The third-order valence-electron chi connectivity index (χ3n) is 4.99. The number of fused-ring (bicyclic) bond motifs is 1. The van der Waals surface area contributed by atoms with Crippen molar-refractivity contribution >= 4 is 50.9 Å². The van der Waals surface area contributed by atoms with Crippen LogP contribution in [-0.2, 0) is 12.3 Å². The van der Waals surface area contributed by atoms with Crippen LogP contribution in [0.3, 0.4) is 0 Å². The summed E-state index contributed by atoms with van der Waals surface area (Å²) >= 11 is 2.96. The Kier molecular flexibility index (Phi) is 5.92. The lowest BCUT2D eigenvalue weighted by molar-refractivity contribution is 0.635. The number of thioether (sulfide) groups is 1. The number of anilines is 3. The predicted molar refractivity (Wildman–Crippen MR) is 127 cm³/mol. The molecule has 4 rings (SSSR count). The highest BCUT2D eigenvalue weighted by atomic mass is 32.2. The molecule has 8 nitrogen and oxygen atoms in total. The number of nitrogens with one attached hydrogen (secondary N) is 1. The highest BCUT2D eigenvalue weighted by Gasteiger charge is 2.17. The molecule has 31 heavy (non-hydrogen) atoms. The highest BCUT2D eigenvalue weighted by molar-refractivity contribution is 7.98. The SMILES string of the molecule is CCn1c(SCc2nc(N)nc(Nc3ccccc3C)n2)nc2sc(C)c(C)c2c1=O. The van der Waals surface area contributed by atoms with Gasteiger partial charge in [0.05, 0.1) is 11.1 Å². The molecule has 0 saturated carbocycles. The van der Waals surface area contributed by atoms with E-state index in [-0.39, 0.29) is 11.5 Å². The lowest BCUT2D eigenvalue weighted by atomic mass is 10.2. The van der Waals surface area contributed by atoms with Crippen LogP contribution in [0.1, 0.15) is 28.8 Å². The van der Waals surface area contributed by atoms with Gasteiger partial charge >= 0.3 is 0 Å². The molecule has 1 aromatic carbocycles. The number of thiophene rings is 1. The molecule has 4 aromatic rings. The first-order chi connectivity index (χ1) is 14.9. The molecule has 0 radical (unpaired) electrons. The Morgan fingerprint density at radius 2 is 1.90 bits per heavy atom. The van der Waals surface area contributed by atoms with Gasteiger partial charge in [0, 0.05) is 17.1 Å². The molecule has 3 heterocycles. The molecule has 160 valence electrons. The van der Waals surface area contributed by atoms with E-state index in [0.29, 0.717) is 34.6 Å². The minimum Gasteiger partial charge on any atom is -0.368 e. The normalized spacial score (nSPS) is 11.2. The summed E-state index contributed by atoms with van der Waals surface area (Å²) in [4.78, 5) is 32.6. The summed E-state index contributed by atoms with van der Waals surface area (Å²) < 4.78 is 1.70. The van der Waals surface area contributed by atoms with Crippen LogP contribution in [0.2, 0.25) is 0 Å². The fraction of sp³-hybridized carbons (Fsp3) is 0.286. The third-order valence-corrected chi connectivity index (χ3v) is 7.06. The van der Waals surface area contributed by atoms with Crippen molar-refractivity contribution in [2.24, 2.45) is 0 Å². The maximum Gasteiger partial charge on any atom is 0.263 e. The van der Waals surface area contributed by atoms with Crippen LogP contribution >= 0.6 is 23.1 Å². The molecular formula is C21H23N7OS2. The van der Waals surface area contributed by atoms with Gasteiger partial charge in [-0.2, -0.15) is 15.0 Å². The summed E-state index contributed by atoms with van der Waals surface area (Å²) in [5, 5.41) is 4.55. The van der Waals surface area contributed by atoms with Crippen molar-refractivity contribution < 1.29 is 0 Å². The van der Waals surface area contributed by atoms with Gasteiger partial charge in [-0.05, 0) is 44.9 Å². The molecule has 10 heteroatoms. The first-order valence-corrected chi connectivity index (χ1v) is 11.6. The number of hydrogen-bond acceptors (Lipinski definition) is 9. The van der Waals surface area contributed by atoms with Crippen LogP contribution in [0.15, 0.2) is 34.2 Å². The number of nitrogens with zero attached hydrogens (tertiary/aromatic N) is 5. The van der Waals surface area contributed by atoms with E-state index in [9.17, 15) is 4.79 Å². The second kappa shape index (κ2) is 8.64. The average molecular weight is 454 g/mol. The fourth-order valence-corrected chi connectivity index (χ4v) is 5.21. The topological polar surface area (TPSA) is 112 Å². The van der Waals surface area contributed by atoms with Crippen LogP contribution in [-0.4, -0.2) is 24.5 Å². The first kappa shape index (κ1) is 21.3. The van der Waals surface area contributed by atoms with Gasteiger partial charge in [-0.25, -0.2) is 4.98 Å². The first-order valence-electron chi connectivity index (χ1n) is 9.83. The smallest absolute Gasteiger partial charge is 0.263 e. The molecular weight excluding hydrogens is 430 g/mol. The largest absolute Gasteiger partial charge is 0.368 e. The summed E-state index contributed by atoms with van der Waals surface area (Å²) in [5.41, 5.74) is 8.89. The fourth-order valence-electron chi connectivity index (χ4n) is 3.22. The van der Waals surface area contributed by atoms with E-state index < -0.39 is 0 Å². The number of hydrogen-bond donors (Lipinski definition) is 2. The molecule has 0 aliphatic rings. The van der Waals surface area contributed by atoms with Gasteiger partial charge in [-0.3, -0.25) is 9.36 Å². The van der Waals surface area contributed by atoms with Crippen LogP contribution < -0.4 is 16.6 Å². The number of rotatable bonds is 6. The summed E-state index contributed by atoms with van der Waals surface area (Å²) in [7, 11) is 0. The Bertz CT molecular complexity index is 1330. The Morgan fingerprint density at radius 3 is 2.65 bits per heavy atom. The molecule has 0 aliphatic heterocycles. The molecule has 3 N–H and O–H groups in total. The molecule has 0 bridgehead atoms. The number of nitrogen functional groups attached to an aromatic ring is 1. The third kappa shape index (κ3) is 4.26. The minimum absolute atomic E-state index is 0.00563. The van der Waals surface area contributed by atoms with E-state index in [1.807, 2.05) is 52.0 Å². The minimum atomic E-state index is -0.00563. The second-order valence-electron chi connectivity index (χ2n) is 7.07. The van der Waals surface area contributed by atoms with E-state index in [0.717, 1.165) is 26.5 Å². The Labute approximate surface area is 188 Å². The molecule has 3 aromatic heterocycles. The van der Waals surface area contributed by atoms with E-state index in [1.54, 1.807) is 15.9 Å². The lowest BCUT2D eigenvalue weighted by Gasteiger charge is -2.11. The monoisotopic (exact) mass is 453 g/mol. The Morgan fingerprint density at radius 1 is 1.13 bits per heavy atom. The number of aromatic nitrogens is 5. The van der Waals surface area contributed by atoms with E-state index in [2.05, 4.69) is 20.3 Å². The van der Waals surface area contributed by atoms with Crippen LogP contribution in [0.4, 0.5) is 17.6 Å². The van der Waals surface area contributed by atoms with E-state index in [1.165, 1.54) is 11.8 Å². The summed E-state index contributed by atoms with van der Waals surface area (Å²) in [6.45, 7) is 8.47. The van der Waals surface area contributed by atoms with Crippen molar-refractivity contribution in [3.63, 3.8) is 0 Å². The number of benzene rings is 1. The molecule has 0 unspecified atom stereocenters. The van der Waals surface area contributed by atoms with Crippen LogP contribution in [0.25, 0.3) is 10.2 Å². The Balaban J connectivity index is 1.62. The average Bonchev–Trinajstić information content (AvgIpc) is 3.01. The number of para-hydroxylation sites is 1. The Hall–Kier alpha value is -2.98.